The van der Waals surface area contributed by atoms with Gasteiger partial charge < -0.3 is 10.7 Å². The second kappa shape index (κ2) is 7.36. The van der Waals surface area contributed by atoms with E-state index in [2.05, 4.69) is 54.4 Å². The molecule has 0 atom stereocenters. The third-order valence-corrected chi connectivity index (χ3v) is 4.47. The number of H-pyrrole nitrogens is 1. The molecule has 0 amide bonds. The third-order valence-electron chi connectivity index (χ3n) is 4.47. The number of aromatic amines is 1. The second-order valence-corrected chi connectivity index (χ2v) is 6.36. The Morgan fingerprint density at radius 3 is 2.48 bits per heavy atom. The molecule has 1 heterocycles. The number of hydrogen-bond acceptors (Lipinski definition) is 1. The smallest absolute Gasteiger partial charge is 0.0692 e. The van der Waals surface area contributed by atoms with Crippen molar-refractivity contribution in [3.63, 3.8) is 0 Å². The number of nitrogen functional groups attached to an aromatic ring is 1. The van der Waals surface area contributed by atoms with Gasteiger partial charge in [-0.25, -0.2) is 0 Å². The van der Waals surface area contributed by atoms with Crippen molar-refractivity contribution >= 4 is 16.6 Å². The maximum absolute atomic E-state index is 6.27. The first-order valence-electron chi connectivity index (χ1n) is 8.74. The fourth-order valence-corrected chi connectivity index (χ4v) is 3.19. The van der Waals surface area contributed by atoms with Gasteiger partial charge in [0.25, 0.3) is 0 Å². The van der Waals surface area contributed by atoms with E-state index in [9.17, 15) is 0 Å². The summed E-state index contributed by atoms with van der Waals surface area (Å²) in [5.74, 6) is 0. The van der Waals surface area contributed by atoms with Crippen LogP contribution in [0.2, 0.25) is 0 Å². The first-order valence-corrected chi connectivity index (χ1v) is 8.74. The van der Waals surface area contributed by atoms with Gasteiger partial charge in [-0.2, -0.15) is 0 Å². The van der Waals surface area contributed by atoms with E-state index >= 15 is 0 Å². The molecule has 3 aromatic rings. The molecule has 23 heavy (non-hydrogen) atoms. The minimum Gasteiger partial charge on any atom is -0.397 e. The topological polar surface area (TPSA) is 41.8 Å². The van der Waals surface area contributed by atoms with Crippen LogP contribution in [0.25, 0.3) is 22.2 Å². The molecule has 120 valence electrons. The quantitative estimate of drug-likeness (QED) is 0.412. The summed E-state index contributed by atoms with van der Waals surface area (Å²) in [5, 5.41) is 1.22. The largest absolute Gasteiger partial charge is 0.397 e. The van der Waals surface area contributed by atoms with Gasteiger partial charge in [0.15, 0.2) is 0 Å². The highest BCUT2D eigenvalue weighted by molar-refractivity contribution is 5.94. The molecule has 0 aliphatic carbocycles. The van der Waals surface area contributed by atoms with E-state index in [1.54, 1.807) is 0 Å². The minimum absolute atomic E-state index is 0.855. The Labute approximate surface area is 138 Å². The lowest BCUT2D eigenvalue weighted by molar-refractivity contribution is 0.632. The molecular formula is C21H26N2. The molecule has 2 aromatic carbocycles. The number of aryl methyl sites for hydroxylation is 1. The summed E-state index contributed by atoms with van der Waals surface area (Å²) >= 11 is 0. The van der Waals surface area contributed by atoms with Crippen LogP contribution in [0.15, 0.2) is 48.5 Å². The minimum atomic E-state index is 0.855. The summed E-state index contributed by atoms with van der Waals surface area (Å²) in [6.45, 7) is 2.25. The Morgan fingerprint density at radius 2 is 1.70 bits per heavy atom. The van der Waals surface area contributed by atoms with Crippen molar-refractivity contribution in [2.45, 2.75) is 45.4 Å². The number of aromatic nitrogens is 1. The van der Waals surface area contributed by atoms with Crippen molar-refractivity contribution in [3.8, 4) is 11.3 Å². The lowest BCUT2D eigenvalue weighted by Crippen LogP contribution is -1.92. The molecule has 0 unspecified atom stereocenters. The van der Waals surface area contributed by atoms with Crippen molar-refractivity contribution in [3.05, 3.63) is 54.1 Å². The van der Waals surface area contributed by atoms with Gasteiger partial charge in [0.2, 0.25) is 0 Å². The maximum Gasteiger partial charge on any atom is 0.0692 e. The zero-order valence-corrected chi connectivity index (χ0v) is 13.9. The van der Waals surface area contributed by atoms with E-state index in [4.69, 9.17) is 5.73 Å². The number of nitrogens with two attached hydrogens (primary N) is 1. The average molecular weight is 306 g/mol. The molecule has 3 N–H and O–H groups in total. The Morgan fingerprint density at radius 1 is 0.913 bits per heavy atom. The van der Waals surface area contributed by atoms with Crippen molar-refractivity contribution in [2.75, 3.05) is 5.73 Å². The Kier molecular flexibility index (Phi) is 5.02. The van der Waals surface area contributed by atoms with Gasteiger partial charge in [-0.3, -0.25) is 0 Å². The predicted molar refractivity (Wildman–Crippen MR) is 101 cm³/mol. The van der Waals surface area contributed by atoms with Crippen LogP contribution in [0, 0.1) is 0 Å². The van der Waals surface area contributed by atoms with E-state index < -0.39 is 0 Å². The summed E-state index contributed by atoms with van der Waals surface area (Å²) in [6.07, 6.45) is 7.67. The van der Waals surface area contributed by atoms with E-state index in [1.807, 2.05) is 6.07 Å². The van der Waals surface area contributed by atoms with Crippen LogP contribution >= 0.6 is 0 Å². The van der Waals surface area contributed by atoms with Gasteiger partial charge in [0.1, 0.15) is 0 Å². The predicted octanol–water partition coefficient (Wildman–Crippen LogP) is 5.93. The van der Waals surface area contributed by atoms with E-state index in [0.717, 1.165) is 23.3 Å². The number of hydrogen-bond donors (Lipinski definition) is 2. The van der Waals surface area contributed by atoms with Crippen LogP contribution in [0.5, 0.6) is 0 Å². The molecule has 0 aliphatic rings. The van der Waals surface area contributed by atoms with E-state index in [1.165, 1.54) is 48.6 Å². The number of fused-ring (bicyclic) bond motifs is 1. The average Bonchev–Trinajstić information content (AvgIpc) is 3.00. The molecule has 0 saturated carbocycles. The van der Waals surface area contributed by atoms with Gasteiger partial charge >= 0.3 is 0 Å². The van der Waals surface area contributed by atoms with Crippen molar-refractivity contribution in [2.24, 2.45) is 0 Å². The molecule has 2 heteroatoms. The molecule has 0 radical (unpaired) electrons. The number of benzene rings is 2. The number of rotatable bonds is 7. The standard InChI is InChI=1S/C21H26N2/c1-2-3-4-5-7-10-16-13-18-15-20(17-11-8-6-9-12-17)23-21(18)19(22)14-16/h6,8-9,11-15,23H,2-5,7,10,22H2,1H3. The van der Waals surface area contributed by atoms with Crippen LogP contribution in [0.1, 0.15) is 44.6 Å². The fourth-order valence-electron chi connectivity index (χ4n) is 3.19. The van der Waals surface area contributed by atoms with Gasteiger partial charge in [0.05, 0.1) is 11.2 Å². The van der Waals surface area contributed by atoms with Crippen LogP contribution in [0.3, 0.4) is 0 Å². The van der Waals surface area contributed by atoms with Gasteiger partial charge in [-0.1, -0.05) is 62.9 Å². The summed E-state index contributed by atoms with van der Waals surface area (Å²) in [7, 11) is 0. The van der Waals surface area contributed by atoms with Crippen LogP contribution in [0.4, 0.5) is 5.69 Å². The molecule has 1 aromatic heterocycles. The zero-order chi connectivity index (χ0) is 16.1. The molecular weight excluding hydrogens is 280 g/mol. The Hall–Kier alpha value is -2.22. The summed E-state index contributed by atoms with van der Waals surface area (Å²) in [4.78, 5) is 3.47. The lowest BCUT2D eigenvalue weighted by Gasteiger charge is -2.04. The summed E-state index contributed by atoms with van der Waals surface area (Å²) in [5.41, 5.74) is 11.9. The van der Waals surface area contributed by atoms with Crippen LogP contribution in [-0.4, -0.2) is 4.98 Å². The third kappa shape index (κ3) is 3.76. The molecule has 0 spiro atoms. The van der Waals surface area contributed by atoms with Crippen molar-refractivity contribution in [1.82, 2.24) is 4.98 Å². The number of anilines is 1. The molecule has 0 bridgehead atoms. The second-order valence-electron chi connectivity index (χ2n) is 6.36. The maximum atomic E-state index is 6.27. The molecule has 0 fully saturated rings. The SMILES string of the molecule is CCCCCCCc1cc(N)c2[nH]c(-c3ccccc3)cc2c1. The molecule has 3 rings (SSSR count). The highest BCUT2D eigenvalue weighted by atomic mass is 14.7. The highest BCUT2D eigenvalue weighted by Crippen LogP contribution is 2.29. The first kappa shape index (κ1) is 15.7. The monoisotopic (exact) mass is 306 g/mol. The van der Waals surface area contributed by atoms with Crippen molar-refractivity contribution in [1.29, 1.82) is 0 Å². The summed E-state index contributed by atoms with van der Waals surface area (Å²) in [6, 6.07) is 17.0. The zero-order valence-electron chi connectivity index (χ0n) is 13.9. The van der Waals surface area contributed by atoms with Gasteiger partial charge in [-0.05, 0) is 42.2 Å². The molecule has 0 saturated heterocycles. The van der Waals surface area contributed by atoms with E-state index in [0.29, 0.717) is 0 Å². The van der Waals surface area contributed by atoms with Crippen LogP contribution in [-0.2, 0) is 6.42 Å². The van der Waals surface area contributed by atoms with Gasteiger partial charge in [-0.15, -0.1) is 0 Å². The number of unbranched alkanes of at least 4 members (excludes halogenated alkanes) is 4. The van der Waals surface area contributed by atoms with Gasteiger partial charge in [0, 0.05) is 11.1 Å². The van der Waals surface area contributed by atoms with Crippen LogP contribution < -0.4 is 5.73 Å². The number of nitrogens with one attached hydrogen (secondary N) is 1. The van der Waals surface area contributed by atoms with Crippen molar-refractivity contribution < 1.29 is 0 Å². The molecule has 0 aliphatic heterocycles. The summed E-state index contributed by atoms with van der Waals surface area (Å²) < 4.78 is 0. The highest BCUT2D eigenvalue weighted by Gasteiger charge is 2.07. The van der Waals surface area contributed by atoms with E-state index in [-0.39, 0.29) is 0 Å². The Balaban J connectivity index is 1.78. The lowest BCUT2D eigenvalue weighted by atomic mass is 10.0. The molecule has 2 nitrogen and oxygen atoms in total. The normalized spacial score (nSPS) is 11.2. The Bertz CT molecular complexity index is 756. The first-order chi connectivity index (χ1) is 11.3. The fraction of sp³-hybridized carbons (Fsp3) is 0.333.